The number of hydrogen-bond donors (Lipinski definition) is 0. The van der Waals surface area contributed by atoms with E-state index in [0.717, 1.165) is 23.2 Å². The molecule has 0 unspecified atom stereocenters. The standard InChI is InChI=1S/C10H12O2.2C2H6/c1-7-4-9(6-11)8(2)10(5-7)12-3;2*1-2/h4-6H,1-3H3;2*1-2H3. The largest absolute Gasteiger partial charge is 0.496 e. The predicted octanol–water partition coefficient (Wildman–Crippen LogP) is 4.18. The lowest BCUT2D eigenvalue weighted by Gasteiger charge is -2.07. The van der Waals surface area contributed by atoms with Crippen LogP contribution in [0.25, 0.3) is 0 Å². The van der Waals surface area contributed by atoms with Crippen molar-refractivity contribution in [2.45, 2.75) is 41.5 Å². The summed E-state index contributed by atoms with van der Waals surface area (Å²) in [6.07, 6.45) is 0.852. The van der Waals surface area contributed by atoms with Crippen LogP contribution >= 0.6 is 0 Å². The highest BCUT2D eigenvalue weighted by Gasteiger charge is 2.04. The summed E-state index contributed by atoms with van der Waals surface area (Å²) in [5, 5.41) is 0. The van der Waals surface area contributed by atoms with E-state index in [1.165, 1.54) is 0 Å². The normalized spacial score (nSPS) is 7.94. The van der Waals surface area contributed by atoms with Crippen LogP contribution in [0.1, 0.15) is 49.2 Å². The van der Waals surface area contributed by atoms with Crippen molar-refractivity contribution in [1.29, 1.82) is 0 Å². The Kier molecular flexibility index (Phi) is 10.9. The minimum atomic E-state index is 0.701. The van der Waals surface area contributed by atoms with Gasteiger partial charge in [0.05, 0.1) is 7.11 Å². The number of carbonyl (C=O) groups is 1. The summed E-state index contributed by atoms with van der Waals surface area (Å²) < 4.78 is 5.11. The monoisotopic (exact) mass is 224 g/mol. The Morgan fingerprint density at radius 3 is 1.94 bits per heavy atom. The maximum atomic E-state index is 10.6. The highest BCUT2D eigenvalue weighted by atomic mass is 16.5. The van der Waals surface area contributed by atoms with Gasteiger partial charge in [-0.1, -0.05) is 27.7 Å². The average molecular weight is 224 g/mol. The first-order chi connectivity index (χ1) is 7.69. The third kappa shape index (κ3) is 4.96. The highest BCUT2D eigenvalue weighted by molar-refractivity contribution is 5.79. The number of carbonyl (C=O) groups excluding carboxylic acids is 1. The molecule has 1 rings (SSSR count). The molecule has 0 atom stereocenters. The molecule has 0 aliphatic rings. The first kappa shape index (κ1) is 17.1. The number of aryl methyl sites for hydroxylation is 1. The van der Waals surface area contributed by atoms with Gasteiger partial charge in [-0.2, -0.15) is 0 Å². The van der Waals surface area contributed by atoms with Crippen molar-refractivity contribution in [2.24, 2.45) is 0 Å². The van der Waals surface area contributed by atoms with Gasteiger partial charge < -0.3 is 4.74 Å². The van der Waals surface area contributed by atoms with Gasteiger partial charge in [0.25, 0.3) is 0 Å². The minimum absolute atomic E-state index is 0.701. The van der Waals surface area contributed by atoms with Gasteiger partial charge in [-0.3, -0.25) is 4.79 Å². The van der Waals surface area contributed by atoms with E-state index in [0.29, 0.717) is 5.56 Å². The number of ether oxygens (including phenoxy) is 1. The van der Waals surface area contributed by atoms with Crippen molar-refractivity contribution in [3.05, 3.63) is 28.8 Å². The van der Waals surface area contributed by atoms with Crippen molar-refractivity contribution < 1.29 is 9.53 Å². The van der Waals surface area contributed by atoms with Gasteiger partial charge in [-0.15, -0.1) is 0 Å². The van der Waals surface area contributed by atoms with E-state index in [1.807, 2.05) is 53.7 Å². The van der Waals surface area contributed by atoms with Crippen LogP contribution in [-0.2, 0) is 0 Å². The van der Waals surface area contributed by atoms with Gasteiger partial charge in [-0.25, -0.2) is 0 Å². The summed E-state index contributed by atoms with van der Waals surface area (Å²) in [7, 11) is 1.61. The summed E-state index contributed by atoms with van der Waals surface area (Å²) in [6.45, 7) is 11.8. The Balaban J connectivity index is 0. The third-order valence-electron chi connectivity index (χ3n) is 1.89. The molecule has 0 saturated heterocycles. The fourth-order valence-corrected chi connectivity index (χ4v) is 1.19. The van der Waals surface area contributed by atoms with Crippen LogP contribution in [0.5, 0.6) is 5.75 Å². The second-order valence-corrected chi connectivity index (χ2v) is 2.80. The lowest BCUT2D eigenvalue weighted by molar-refractivity contribution is 0.112. The molecular formula is C14H24O2. The molecule has 16 heavy (non-hydrogen) atoms. The van der Waals surface area contributed by atoms with E-state index in [1.54, 1.807) is 7.11 Å². The number of aldehydes is 1. The molecule has 0 aromatic heterocycles. The summed E-state index contributed by atoms with van der Waals surface area (Å²) in [5.74, 6) is 0.775. The van der Waals surface area contributed by atoms with Crippen LogP contribution in [-0.4, -0.2) is 13.4 Å². The SMILES string of the molecule is CC.CC.COc1cc(C)cc(C=O)c1C. The molecule has 0 amide bonds. The molecular weight excluding hydrogens is 200 g/mol. The van der Waals surface area contributed by atoms with Crippen LogP contribution in [0.3, 0.4) is 0 Å². The van der Waals surface area contributed by atoms with Crippen molar-refractivity contribution in [1.82, 2.24) is 0 Å². The van der Waals surface area contributed by atoms with Gasteiger partial charge in [0, 0.05) is 11.1 Å². The molecule has 92 valence electrons. The van der Waals surface area contributed by atoms with Gasteiger partial charge in [0.2, 0.25) is 0 Å². The fourth-order valence-electron chi connectivity index (χ4n) is 1.19. The average Bonchev–Trinajstić information content (AvgIpc) is 2.36. The van der Waals surface area contributed by atoms with E-state index < -0.39 is 0 Å². The molecule has 2 nitrogen and oxygen atoms in total. The lowest BCUT2D eigenvalue weighted by Crippen LogP contribution is -1.93. The predicted molar refractivity (Wildman–Crippen MR) is 70.6 cm³/mol. The van der Waals surface area contributed by atoms with E-state index in [-0.39, 0.29) is 0 Å². The second-order valence-electron chi connectivity index (χ2n) is 2.80. The minimum Gasteiger partial charge on any atom is -0.496 e. The van der Waals surface area contributed by atoms with Gasteiger partial charge in [-0.05, 0) is 31.5 Å². The van der Waals surface area contributed by atoms with Crippen molar-refractivity contribution in [2.75, 3.05) is 7.11 Å². The molecule has 1 aromatic rings. The molecule has 0 aliphatic heterocycles. The number of methoxy groups -OCH3 is 1. The molecule has 0 aliphatic carbocycles. The van der Waals surface area contributed by atoms with Crippen LogP contribution in [0, 0.1) is 13.8 Å². The zero-order valence-corrected chi connectivity index (χ0v) is 11.5. The van der Waals surface area contributed by atoms with Crippen LogP contribution in [0.2, 0.25) is 0 Å². The Morgan fingerprint density at radius 1 is 1.06 bits per heavy atom. The molecule has 1 aromatic carbocycles. The molecule has 0 radical (unpaired) electrons. The Labute approximate surface area is 99.6 Å². The maximum Gasteiger partial charge on any atom is 0.150 e. The summed E-state index contributed by atoms with van der Waals surface area (Å²) in [5.41, 5.74) is 2.64. The molecule has 0 saturated carbocycles. The molecule has 0 N–H and O–H groups in total. The third-order valence-corrected chi connectivity index (χ3v) is 1.89. The lowest BCUT2D eigenvalue weighted by atomic mass is 10.1. The highest BCUT2D eigenvalue weighted by Crippen LogP contribution is 2.21. The first-order valence-corrected chi connectivity index (χ1v) is 5.79. The number of benzene rings is 1. The summed E-state index contributed by atoms with van der Waals surface area (Å²) >= 11 is 0. The summed E-state index contributed by atoms with van der Waals surface area (Å²) in [4.78, 5) is 10.6. The van der Waals surface area contributed by atoms with Gasteiger partial charge in [0.15, 0.2) is 0 Å². The molecule has 0 bridgehead atoms. The van der Waals surface area contributed by atoms with E-state index in [4.69, 9.17) is 4.74 Å². The van der Waals surface area contributed by atoms with Crippen molar-refractivity contribution in [3.63, 3.8) is 0 Å². The zero-order chi connectivity index (χ0) is 13.1. The molecule has 0 heterocycles. The van der Waals surface area contributed by atoms with Crippen LogP contribution in [0.4, 0.5) is 0 Å². The van der Waals surface area contributed by atoms with Gasteiger partial charge >= 0.3 is 0 Å². The van der Waals surface area contributed by atoms with Crippen molar-refractivity contribution in [3.8, 4) is 5.75 Å². The zero-order valence-electron chi connectivity index (χ0n) is 11.5. The van der Waals surface area contributed by atoms with Gasteiger partial charge in [0.1, 0.15) is 12.0 Å². The molecule has 0 spiro atoms. The maximum absolute atomic E-state index is 10.6. The van der Waals surface area contributed by atoms with Crippen LogP contribution < -0.4 is 4.74 Å². The number of rotatable bonds is 2. The Morgan fingerprint density at radius 2 is 1.56 bits per heavy atom. The fraction of sp³-hybridized carbons (Fsp3) is 0.500. The summed E-state index contributed by atoms with van der Waals surface area (Å²) in [6, 6.07) is 3.77. The first-order valence-electron chi connectivity index (χ1n) is 5.79. The topological polar surface area (TPSA) is 26.3 Å². The van der Waals surface area contributed by atoms with E-state index in [9.17, 15) is 4.79 Å². The smallest absolute Gasteiger partial charge is 0.150 e. The Bertz CT molecular complexity index is 304. The quantitative estimate of drug-likeness (QED) is 0.704. The second kappa shape index (κ2) is 10.2. The number of hydrogen-bond acceptors (Lipinski definition) is 2. The van der Waals surface area contributed by atoms with E-state index in [2.05, 4.69) is 0 Å². The van der Waals surface area contributed by atoms with E-state index >= 15 is 0 Å². The van der Waals surface area contributed by atoms with Crippen molar-refractivity contribution >= 4 is 6.29 Å². The molecule has 0 fully saturated rings. The molecule has 2 heteroatoms. The van der Waals surface area contributed by atoms with Crippen LogP contribution in [0.15, 0.2) is 12.1 Å². The Hall–Kier alpha value is -1.31.